The van der Waals surface area contributed by atoms with Crippen LogP contribution in [0.4, 0.5) is 5.69 Å². The molecule has 0 radical (unpaired) electrons. The molecule has 9 heteroatoms. The van der Waals surface area contributed by atoms with Crippen molar-refractivity contribution in [3.63, 3.8) is 0 Å². The summed E-state index contributed by atoms with van der Waals surface area (Å²) in [5, 5.41) is 7.72. The molecule has 0 spiro atoms. The molecule has 0 atom stereocenters. The first-order valence-electron chi connectivity index (χ1n) is 6.59. The first-order valence-corrected chi connectivity index (χ1v) is 9.33. The van der Waals surface area contributed by atoms with Gasteiger partial charge in [-0.15, -0.1) is 11.3 Å². The van der Waals surface area contributed by atoms with Gasteiger partial charge in [-0.05, 0) is 43.4 Å². The minimum absolute atomic E-state index is 0.00203. The molecule has 124 valence electrons. The molecule has 0 bridgehead atoms. The van der Waals surface area contributed by atoms with E-state index >= 15 is 0 Å². The predicted octanol–water partition coefficient (Wildman–Crippen LogP) is 2.12. The van der Waals surface area contributed by atoms with Crippen molar-refractivity contribution in [1.29, 1.82) is 0 Å². The lowest BCUT2D eigenvalue weighted by atomic mass is 10.3. The monoisotopic (exact) mass is 373 g/mol. The Hall–Kier alpha value is -1.45. The molecule has 0 aliphatic heterocycles. The van der Waals surface area contributed by atoms with Crippen LogP contribution < -0.4 is 10.5 Å². The number of carbonyl (C=O) groups excluding carboxylic acids is 1. The summed E-state index contributed by atoms with van der Waals surface area (Å²) in [4.78, 5) is 14.9. The number of hydrogen-bond donors (Lipinski definition) is 2. The van der Waals surface area contributed by atoms with Crippen molar-refractivity contribution in [2.24, 2.45) is 5.14 Å². The second-order valence-corrected chi connectivity index (χ2v) is 8.36. The highest BCUT2D eigenvalue weighted by Crippen LogP contribution is 2.22. The van der Waals surface area contributed by atoms with Gasteiger partial charge >= 0.3 is 0 Å². The second-order valence-electron chi connectivity index (χ2n) is 5.00. The van der Waals surface area contributed by atoms with E-state index in [0.717, 1.165) is 4.88 Å². The van der Waals surface area contributed by atoms with E-state index in [1.807, 2.05) is 24.1 Å². The van der Waals surface area contributed by atoms with Gasteiger partial charge < -0.3 is 5.32 Å². The van der Waals surface area contributed by atoms with Crippen molar-refractivity contribution in [3.8, 4) is 0 Å². The molecule has 23 heavy (non-hydrogen) atoms. The number of likely N-dealkylation sites (N-methyl/N-ethyl adjacent to an activating group) is 1. The minimum Gasteiger partial charge on any atom is -0.325 e. The van der Waals surface area contributed by atoms with E-state index in [4.69, 9.17) is 16.7 Å². The molecule has 0 saturated carbocycles. The summed E-state index contributed by atoms with van der Waals surface area (Å²) in [6.45, 7) is 0.821. The number of amides is 1. The molecule has 0 aliphatic carbocycles. The lowest BCUT2D eigenvalue weighted by molar-refractivity contribution is -0.117. The van der Waals surface area contributed by atoms with Gasteiger partial charge in [0.2, 0.25) is 15.9 Å². The van der Waals surface area contributed by atoms with Crippen LogP contribution in [-0.4, -0.2) is 32.8 Å². The number of nitrogens with one attached hydrogen (secondary N) is 1. The van der Waals surface area contributed by atoms with Gasteiger partial charge in [0.25, 0.3) is 0 Å². The van der Waals surface area contributed by atoms with Crippen LogP contribution in [0.5, 0.6) is 0 Å². The Balaban J connectivity index is 1.89. The number of thiophene rings is 1. The maximum atomic E-state index is 12.0. The SMILES string of the molecule is CN(CC(=O)Nc1ccc(S(N)(=O)=O)cc1)Cc1ccc(Cl)s1. The van der Waals surface area contributed by atoms with Gasteiger partial charge in [0, 0.05) is 17.1 Å². The van der Waals surface area contributed by atoms with E-state index in [0.29, 0.717) is 16.6 Å². The number of halogens is 1. The average Bonchev–Trinajstić information content (AvgIpc) is 2.83. The Kier molecular flexibility index (Phi) is 5.77. The summed E-state index contributed by atoms with van der Waals surface area (Å²) in [6, 6.07) is 9.44. The quantitative estimate of drug-likeness (QED) is 0.811. The zero-order valence-electron chi connectivity index (χ0n) is 12.3. The van der Waals surface area contributed by atoms with Gasteiger partial charge in [-0.1, -0.05) is 11.6 Å². The Morgan fingerprint density at radius 2 is 1.91 bits per heavy atom. The molecule has 1 heterocycles. The van der Waals surface area contributed by atoms with Crippen LogP contribution in [-0.2, 0) is 21.4 Å². The van der Waals surface area contributed by atoms with Crippen molar-refractivity contribution in [2.45, 2.75) is 11.4 Å². The molecule has 3 N–H and O–H groups in total. The molecule has 0 fully saturated rings. The molecule has 1 aromatic heterocycles. The maximum Gasteiger partial charge on any atom is 0.238 e. The molecule has 2 aromatic rings. The Bertz CT molecular complexity index is 788. The van der Waals surface area contributed by atoms with Crippen LogP contribution in [0.3, 0.4) is 0 Å². The van der Waals surface area contributed by atoms with Crippen LogP contribution in [0, 0.1) is 0 Å². The fraction of sp³-hybridized carbons (Fsp3) is 0.214. The van der Waals surface area contributed by atoms with Gasteiger partial charge in [-0.3, -0.25) is 9.69 Å². The molecule has 0 aliphatic rings. The van der Waals surface area contributed by atoms with Crippen molar-refractivity contribution < 1.29 is 13.2 Å². The Labute approximate surface area is 143 Å². The Morgan fingerprint density at radius 1 is 1.26 bits per heavy atom. The Morgan fingerprint density at radius 3 is 2.43 bits per heavy atom. The summed E-state index contributed by atoms with van der Waals surface area (Å²) in [6.07, 6.45) is 0. The van der Waals surface area contributed by atoms with Crippen LogP contribution in [0.25, 0.3) is 0 Å². The molecular formula is C14H16ClN3O3S2. The van der Waals surface area contributed by atoms with Gasteiger partial charge in [0.1, 0.15) is 0 Å². The topological polar surface area (TPSA) is 92.5 Å². The number of anilines is 1. The lowest BCUT2D eigenvalue weighted by Gasteiger charge is -2.15. The van der Waals surface area contributed by atoms with Gasteiger partial charge in [0.05, 0.1) is 15.8 Å². The number of sulfonamides is 1. The molecule has 0 unspecified atom stereocenters. The minimum atomic E-state index is -3.73. The van der Waals surface area contributed by atoms with Crippen LogP contribution >= 0.6 is 22.9 Å². The zero-order chi connectivity index (χ0) is 17.0. The third-order valence-electron chi connectivity index (χ3n) is 2.93. The smallest absolute Gasteiger partial charge is 0.238 e. The summed E-state index contributed by atoms with van der Waals surface area (Å²) in [5.41, 5.74) is 0.509. The summed E-state index contributed by atoms with van der Waals surface area (Å²) < 4.78 is 23.0. The van der Waals surface area contributed by atoms with E-state index in [-0.39, 0.29) is 17.3 Å². The van der Waals surface area contributed by atoms with Crippen molar-refractivity contribution in [3.05, 3.63) is 45.6 Å². The highest BCUT2D eigenvalue weighted by atomic mass is 35.5. The molecule has 2 rings (SSSR count). The first-order chi connectivity index (χ1) is 10.7. The van der Waals surface area contributed by atoms with E-state index in [1.54, 1.807) is 0 Å². The van der Waals surface area contributed by atoms with E-state index in [1.165, 1.54) is 35.6 Å². The van der Waals surface area contributed by atoms with Crippen molar-refractivity contribution in [2.75, 3.05) is 18.9 Å². The highest BCUT2D eigenvalue weighted by molar-refractivity contribution is 7.89. The number of nitrogens with zero attached hydrogens (tertiary/aromatic N) is 1. The average molecular weight is 374 g/mol. The van der Waals surface area contributed by atoms with Gasteiger partial charge in [0.15, 0.2) is 0 Å². The van der Waals surface area contributed by atoms with E-state index < -0.39 is 10.0 Å². The van der Waals surface area contributed by atoms with E-state index in [9.17, 15) is 13.2 Å². The van der Waals surface area contributed by atoms with Crippen LogP contribution in [0.15, 0.2) is 41.3 Å². The molecule has 0 saturated heterocycles. The highest BCUT2D eigenvalue weighted by Gasteiger charge is 2.10. The molecule has 1 amide bonds. The summed E-state index contributed by atoms with van der Waals surface area (Å²) in [5.74, 6) is -0.196. The molecule has 6 nitrogen and oxygen atoms in total. The lowest BCUT2D eigenvalue weighted by Crippen LogP contribution is -2.29. The van der Waals surface area contributed by atoms with Crippen LogP contribution in [0.1, 0.15) is 4.88 Å². The predicted molar refractivity (Wildman–Crippen MR) is 92.1 cm³/mol. The van der Waals surface area contributed by atoms with Crippen LogP contribution in [0.2, 0.25) is 4.34 Å². The number of carbonyl (C=O) groups is 1. The number of primary sulfonamides is 1. The molecule has 1 aromatic carbocycles. The third-order valence-corrected chi connectivity index (χ3v) is 5.08. The summed E-state index contributed by atoms with van der Waals surface area (Å²) in [7, 11) is -1.90. The first kappa shape index (κ1) is 17.9. The standard InChI is InChI=1S/C14H16ClN3O3S2/c1-18(8-11-4-7-13(15)22-11)9-14(19)17-10-2-5-12(6-3-10)23(16,20)21/h2-7H,8-9H2,1H3,(H,17,19)(H2,16,20,21). The largest absolute Gasteiger partial charge is 0.325 e. The van der Waals surface area contributed by atoms with Gasteiger partial charge in [-0.2, -0.15) is 0 Å². The van der Waals surface area contributed by atoms with Crippen molar-refractivity contribution in [1.82, 2.24) is 4.90 Å². The molecular weight excluding hydrogens is 358 g/mol. The number of hydrogen-bond acceptors (Lipinski definition) is 5. The normalized spacial score (nSPS) is 11.7. The fourth-order valence-electron chi connectivity index (χ4n) is 1.93. The van der Waals surface area contributed by atoms with Gasteiger partial charge in [-0.25, -0.2) is 13.6 Å². The fourth-order valence-corrected chi connectivity index (χ4v) is 3.62. The van der Waals surface area contributed by atoms with E-state index in [2.05, 4.69) is 5.32 Å². The third kappa shape index (κ3) is 5.60. The zero-order valence-corrected chi connectivity index (χ0v) is 14.7. The second kappa shape index (κ2) is 7.41. The number of nitrogens with two attached hydrogens (primary N) is 1. The number of rotatable bonds is 6. The van der Waals surface area contributed by atoms with Crippen molar-refractivity contribution >= 4 is 44.6 Å². The number of benzene rings is 1. The summed E-state index contributed by atoms with van der Waals surface area (Å²) >= 11 is 7.35. The maximum absolute atomic E-state index is 12.0.